The van der Waals surface area contributed by atoms with Gasteiger partial charge in [-0.15, -0.1) is 0 Å². The molecule has 0 saturated heterocycles. The predicted octanol–water partition coefficient (Wildman–Crippen LogP) is 0.697. The molecule has 1 aliphatic heterocycles. The van der Waals surface area contributed by atoms with E-state index < -0.39 is 0 Å². The van der Waals surface area contributed by atoms with E-state index in [1.165, 1.54) is 5.01 Å². The van der Waals surface area contributed by atoms with Gasteiger partial charge in [-0.3, -0.25) is 0 Å². The standard InChI is InChI=1S/C5H10N4O/c1-4-6-7-5(10)9(4)8(2)3/h4H,1-3H3. The second kappa shape index (κ2) is 2.34. The SMILES string of the molecule is CC1N=NC(=O)N1N(C)C. The smallest absolute Gasteiger partial charge is 0.243 e. The third kappa shape index (κ3) is 0.995. The summed E-state index contributed by atoms with van der Waals surface area (Å²) in [6.07, 6.45) is -0.150. The van der Waals surface area contributed by atoms with Crippen LogP contribution in [0, 0.1) is 0 Å². The zero-order valence-corrected chi connectivity index (χ0v) is 6.27. The lowest BCUT2D eigenvalue weighted by Gasteiger charge is -2.24. The van der Waals surface area contributed by atoms with Crippen LogP contribution in [0.3, 0.4) is 0 Å². The first-order chi connectivity index (χ1) is 4.63. The molecule has 0 radical (unpaired) electrons. The highest BCUT2D eigenvalue weighted by Crippen LogP contribution is 2.12. The van der Waals surface area contributed by atoms with Gasteiger partial charge in [-0.25, -0.2) is 14.8 Å². The van der Waals surface area contributed by atoms with Crippen molar-refractivity contribution in [2.24, 2.45) is 10.2 Å². The molecule has 1 unspecified atom stereocenters. The summed E-state index contributed by atoms with van der Waals surface area (Å²) in [5, 5.41) is 10.2. The number of hydrazine groups is 1. The first-order valence-corrected chi connectivity index (χ1v) is 3.04. The molecule has 0 bridgehead atoms. The van der Waals surface area contributed by atoms with Crippen LogP contribution in [-0.4, -0.2) is 36.3 Å². The summed E-state index contributed by atoms with van der Waals surface area (Å²) >= 11 is 0. The molecule has 0 spiro atoms. The maximum absolute atomic E-state index is 10.9. The number of rotatable bonds is 1. The van der Waals surface area contributed by atoms with Crippen LogP contribution in [0.15, 0.2) is 10.2 Å². The molecule has 2 amide bonds. The summed E-state index contributed by atoms with van der Waals surface area (Å²) in [7, 11) is 3.56. The molecule has 5 heteroatoms. The van der Waals surface area contributed by atoms with Crippen molar-refractivity contribution in [3.63, 3.8) is 0 Å². The van der Waals surface area contributed by atoms with E-state index in [9.17, 15) is 4.79 Å². The number of carbonyl (C=O) groups excluding carboxylic acids is 1. The fraction of sp³-hybridized carbons (Fsp3) is 0.800. The van der Waals surface area contributed by atoms with Crippen molar-refractivity contribution in [3.8, 4) is 0 Å². The Bertz CT molecular complexity index is 176. The topological polar surface area (TPSA) is 48.3 Å². The average Bonchev–Trinajstić information content (AvgIpc) is 2.11. The van der Waals surface area contributed by atoms with Crippen LogP contribution in [0.1, 0.15) is 6.92 Å². The van der Waals surface area contributed by atoms with Crippen LogP contribution in [0.2, 0.25) is 0 Å². The van der Waals surface area contributed by atoms with Crippen LogP contribution in [0.4, 0.5) is 4.79 Å². The van der Waals surface area contributed by atoms with Crippen LogP contribution in [-0.2, 0) is 0 Å². The molecule has 1 atom stereocenters. The van der Waals surface area contributed by atoms with Gasteiger partial charge in [0, 0.05) is 14.1 Å². The van der Waals surface area contributed by atoms with Crippen LogP contribution >= 0.6 is 0 Å². The van der Waals surface area contributed by atoms with Crippen molar-refractivity contribution in [1.29, 1.82) is 0 Å². The van der Waals surface area contributed by atoms with E-state index in [0.717, 1.165) is 0 Å². The maximum atomic E-state index is 10.9. The Labute approximate surface area is 59.3 Å². The summed E-state index contributed by atoms with van der Waals surface area (Å²) in [5.74, 6) is 0. The minimum Gasteiger partial charge on any atom is -0.243 e. The van der Waals surface area contributed by atoms with Crippen molar-refractivity contribution in [1.82, 2.24) is 10.0 Å². The summed E-state index contributed by atoms with van der Waals surface area (Å²) in [4.78, 5) is 10.9. The van der Waals surface area contributed by atoms with E-state index in [1.54, 1.807) is 19.1 Å². The molecule has 5 nitrogen and oxygen atoms in total. The van der Waals surface area contributed by atoms with Gasteiger partial charge in [0.05, 0.1) is 0 Å². The van der Waals surface area contributed by atoms with Crippen molar-refractivity contribution in [3.05, 3.63) is 0 Å². The molecule has 1 rings (SSSR count). The van der Waals surface area contributed by atoms with E-state index in [0.29, 0.717) is 0 Å². The molecule has 10 heavy (non-hydrogen) atoms. The molecule has 0 aromatic heterocycles. The van der Waals surface area contributed by atoms with E-state index in [2.05, 4.69) is 10.2 Å². The number of carbonyl (C=O) groups is 1. The van der Waals surface area contributed by atoms with Gasteiger partial charge in [0.1, 0.15) is 0 Å². The molecule has 56 valence electrons. The highest BCUT2D eigenvalue weighted by Gasteiger charge is 2.26. The fourth-order valence-electron chi connectivity index (χ4n) is 0.893. The molecule has 0 aromatic rings. The normalized spacial score (nSPS) is 25.0. The Morgan fingerprint density at radius 2 is 2.20 bits per heavy atom. The van der Waals surface area contributed by atoms with Crippen LogP contribution in [0.25, 0.3) is 0 Å². The van der Waals surface area contributed by atoms with Gasteiger partial charge in [-0.2, -0.15) is 5.11 Å². The summed E-state index contributed by atoms with van der Waals surface area (Å²) in [5.41, 5.74) is 0. The number of urea groups is 1. The quantitative estimate of drug-likeness (QED) is 0.541. The Morgan fingerprint density at radius 3 is 2.40 bits per heavy atom. The van der Waals surface area contributed by atoms with Gasteiger partial charge in [0.2, 0.25) is 0 Å². The van der Waals surface area contributed by atoms with Crippen molar-refractivity contribution >= 4 is 6.03 Å². The van der Waals surface area contributed by atoms with Crippen LogP contribution < -0.4 is 0 Å². The van der Waals surface area contributed by atoms with Crippen molar-refractivity contribution in [2.45, 2.75) is 13.1 Å². The third-order valence-electron chi connectivity index (χ3n) is 1.29. The number of hydrogen-bond acceptors (Lipinski definition) is 3. The Morgan fingerprint density at radius 1 is 1.60 bits per heavy atom. The molecular weight excluding hydrogens is 132 g/mol. The van der Waals surface area contributed by atoms with Gasteiger partial charge in [-0.1, -0.05) is 5.11 Å². The zero-order valence-electron chi connectivity index (χ0n) is 6.27. The zero-order chi connectivity index (χ0) is 7.72. The second-order valence-electron chi connectivity index (χ2n) is 2.32. The van der Waals surface area contributed by atoms with Gasteiger partial charge >= 0.3 is 6.03 Å². The number of hydrogen-bond donors (Lipinski definition) is 0. The predicted molar refractivity (Wildman–Crippen MR) is 35.2 cm³/mol. The molecule has 1 heterocycles. The average molecular weight is 142 g/mol. The highest BCUT2D eigenvalue weighted by atomic mass is 16.2. The lowest BCUT2D eigenvalue weighted by Crippen LogP contribution is -2.42. The summed E-state index contributed by atoms with van der Waals surface area (Å²) in [6, 6.07) is -0.294. The summed E-state index contributed by atoms with van der Waals surface area (Å²) < 4.78 is 0. The molecule has 0 fully saturated rings. The monoisotopic (exact) mass is 142 g/mol. The summed E-state index contributed by atoms with van der Waals surface area (Å²) in [6.45, 7) is 1.81. The van der Waals surface area contributed by atoms with Crippen molar-refractivity contribution in [2.75, 3.05) is 14.1 Å². The molecule has 0 aromatic carbocycles. The first-order valence-electron chi connectivity index (χ1n) is 3.04. The van der Waals surface area contributed by atoms with Crippen LogP contribution in [0.5, 0.6) is 0 Å². The van der Waals surface area contributed by atoms with E-state index in [4.69, 9.17) is 0 Å². The Hall–Kier alpha value is -0.970. The minimum absolute atomic E-state index is 0.150. The molecule has 0 saturated carbocycles. The van der Waals surface area contributed by atoms with E-state index in [-0.39, 0.29) is 12.2 Å². The lowest BCUT2D eigenvalue weighted by atomic mass is 10.6. The Balaban J connectivity index is 2.69. The molecule has 1 aliphatic rings. The molecule has 0 aliphatic carbocycles. The molecular formula is C5H10N4O. The Kier molecular flexibility index (Phi) is 1.67. The second-order valence-corrected chi connectivity index (χ2v) is 2.32. The highest BCUT2D eigenvalue weighted by molar-refractivity contribution is 5.75. The largest absolute Gasteiger partial charge is 0.378 e. The number of amides is 2. The minimum atomic E-state index is -0.294. The third-order valence-corrected chi connectivity index (χ3v) is 1.29. The fourth-order valence-corrected chi connectivity index (χ4v) is 0.893. The number of nitrogens with zero attached hydrogens (tertiary/aromatic N) is 4. The van der Waals surface area contributed by atoms with Crippen molar-refractivity contribution < 1.29 is 4.79 Å². The molecule has 0 N–H and O–H groups in total. The number of azo groups is 1. The van der Waals surface area contributed by atoms with Gasteiger partial charge in [-0.05, 0) is 6.92 Å². The van der Waals surface area contributed by atoms with Gasteiger partial charge in [0.15, 0.2) is 6.17 Å². The van der Waals surface area contributed by atoms with Gasteiger partial charge < -0.3 is 0 Å². The van der Waals surface area contributed by atoms with Gasteiger partial charge in [0.25, 0.3) is 0 Å². The maximum Gasteiger partial charge on any atom is 0.378 e. The lowest BCUT2D eigenvalue weighted by molar-refractivity contribution is 0.0513. The van der Waals surface area contributed by atoms with E-state index >= 15 is 0 Å². The van der Waals surface area contributed by atoms with E-state index in [1.807, 2.05) is 6.92 Å². The first kappa shape index (κ1) is 7.14.